The Labute approximate surface area is 138 Å². The Hall–Kier alpha value is -1.43. The molecule has 1 aliphatic rings. The molecule has 5 heteroatoms. The Morgan fingerprint density at radius 1 is 1.43 bits per heavy atom. The van der Waals surface area contributed by atoms with Crippen LogP contribution in [0.2, 0.25) is 0 Å². The van der Waals surface area contributed by atoms with Crippen LogP contribution in [0, 0.1) is 5.41 Å². The fourth-order valence-electron chi connectivity index (χ4n) is 3.15. The predicted octanol–water partition coefficient (Wildman–Crippen LogP) is 1.54. The second-order valence-corrected chi connectivity index (χ2v) is 6.81. The lowest BCUT2D eigenvalue weighted by Crippen LogP contribution is -2.47. The number of aliphatic hydroxyl groups is 1. The van der Waals surface area contributed by atoms with Gasteiger partial charge in [-0.05, 0) is 30.5 Å². The van der Waals surface area contributed by atoms with Gasteiger partial charge in [0.2, 0.25) is 5.91 Å². The number of nitrogens with zero attached hydrogens (tertiary/aromatic N) is 1. The summed E-state index contributed by atoms with van der Waals surface area (Å²) in [6.07, 6.45) is 2.05. The number of likely N-dealkylation sites (tertiary alicyclic amines) is 1. The molecule has 128 valence electrons. The van der Waals surface area contributed by atoms with Gasteiger partial charge in [-0.2, -0.15) is 0 Å². The molecule has 1 amide bonds. The number of hydrogen-bond acceptors (Lipinski definition) is 4. The zero-order valence-electron chi connectivity index (χ0n) is 14.2. The van der Waals surface area contributed by atoms with Gasteiger partial charge in [0.1, 0.15) is 0 Å². The van der Waals surface area contributed by atoms with Crippen molar-refractivity contribution in [3.8, 4) is 0 Å². The quantitative estimate of drug-likeness (QED) is 0.800. The van der Waals surface area contributed by atoms with E-state index in [2.05, 4.69) is 17.1 Å². The summed E-state index contributed by atoms with van der Waals surface area (Å²) >= 11 is 0. The van der Waals surface area contributed by atoms with E-state index in [9.17, 15) is 9.90 Å². The van der Waals surface area contributed by atoms with Crippen LogP contribution >= 0.6 is 0 Å². The topological polar surface area (TPSA) is 61.8 Å². The van der Waals surface area contributed by atoms with E-state index in [1.54, 1.807) is 7.11 Å². The molecular formula is C18H28N2O3. The van der Waals surface area contributed by atoms with Gasteiger partial charge in [0, 0.05) is 32.2 Å². The summed E-state index contributed by atoms with van der Waals surface area (Å²) in [7, 11) is 1.67. The van der Waals surface area contributed by atoms with Gasteiger partial charge in [0.05, 0.1) is 13.2 Å². The van der Waals surface area contributed by atoms with Crippen LogP contribution in [0.15, 0.2) is 24.3 Å². The molecule has 1 aromatic rings. The number of nitrogens with one attached hydrogen (secondary N) is 1. The summed E-state index contributed by atoms with van der Waals surface area (Å²) < 4.78 is 5.12. The highest BCUT2D eigenvalue weighted by Crippen LogP contribution is 2.28. The number of carbonyl (C=O) groups is 1. The molecule has 1 saturated heterocycles. The predicted molar refractivity (Wildman–Crippen MR) is 89.9 cm³/mol. The van der Waals surface area contributed by atoms with Crippen molar-refractivity contribution in [3.05, 3.63) is 35.4 Å². The van der Waals surface area contributed by atoms with Crippen LogP contribution in [-0.2, 0) is 22.7 Å². The molecule has 2 rings (SSSR count). The van der Waals surface area contributed by atoms with Gasteiger partial charge >= 0.3 is 0 Å². The standard InChI is InChI=1S/C18H28N2O3/c1-18(14-21)7-4-8-20(13-18)11-17(22)19-10-15-5-3-6-16(9-15)12-23-2/h3,5-6,9,21H,4,7-8,10-14H2,1-2H3,(H,19,22). The van der Waals surface area contributed by atoms with Crippen molar-refractivity contribution in [1.82, 2.24) is 10.2 Å². The first-order valence-corrected chi connectivity index (χ1v) is 8.21. The zero-order chi connectivity index (χ0) is 16.7. The van der Waals surface area contributed by atoms with E-state index in [0.717, 1.165) is 37.1 Å². The third-order valence-electron chi connectivity index (χ3n) is 4.40. The van der Waals surface area contributed by atoms with Crippen molar-refractivity contribution in [1.29, 1.82) is 0 Å². The summed E-state index contributed by atoms with van der Waals surface area (Å²) in [6, 6.07) is 8.04. The first kappa shape index (κ1) is 17.9. The molecule has 0 aromatic heterocycles. The highest BCUT2D eigenvalue weighted by atomic mass is 16.5. The van der Waals surface area contributed by atoms with Crippen LogP contribution in [0.4, 0.5) is 0 Å². The van der Waals surface area contributed by atoms with Crippen LogP contribution in [0.5, 0.6) is 0 Å². The van der Waals surface area contributed by atoms with E-state index in [1.165, 1.54) is 0 Å². The molecule has 0 aliphatic carbocycles. The Morgan fingerprint density at radius 3 is 2.96 bits per heavy atom. The van der Waals surface area contributed by atoms with E-state index < -0.39 is 0 Å². The molecular weight excluding hydrogens is 292 g/mol. The number of methoxy groups -OCH3 is 1. The summed E-state index contributed by atoms with van der Waals surface area (Å²) in [5.41, 5.74) is 2.10. The first-order chi connectivity index (χ1) is 11.0. The normalized spacial score (nSPS) is 22.0. The highest BCUT2D eigenvalue weighted by Gasteiger charge is 2.30. The number of carbonyl (C=O) groups excluding carboxylic acids is 1. The van der Waals surface area contributed by atoms with Crippen LogP contribution in [0.3, 0.4) is 0 Å². The Bertz CT molecular complexity index is 521. The number of rotatable bonds is 7. The van der Waals surface area contributed by atoms with Gasteiger partial charge in [-0.25, -0.2) is 0 Å². The Morgan fingerprint density at radius 2 is 2.22 bits per heavy atom. The molecule has 5 nitrogen and oxygen atoms in total. The van der Waals surface area contributed by atoms with Gasteiger partial charge in [-0.3, -0.25) is 9.69 Å². The molecule has 0 saturated carbocycles. The fourth-order valence-corrected chi connectivity index (χ4v) is 3.15. The fraction of sp³-hybridized carbons (Fsp3) is 0.611. The van der Waals surface area contributed by atoms with Gasteiger partial charge in [-0.15, -0.1) is 0 Å². The van der Waals surface area contributed by atoms with Crippen LogP contribution in [0.1, 0.15) is 30.9 Å². The molecule has 0 radical (unpaired) electrons. The summed E-state index contributed by atoms with van der Waals surface area (Å²) in [5.74, 6) is 0.0318. The molecule has 1 fully saturated rings. The van der Waals surface area contributed by atoms with E-state index in [1.807, 2.05) is 24.3 Å². The van der Waals surface area contributed by atoms with Crippen LogP contribution in [-0.4, -0.2) is 49.3 Å². The molecule has 23 heavy (non-hydrogen) atoms. The molecule has 1 aliphatic heterocycles. The number of piperidine rings is 1. The summed E-state index contributed by atoms with van der Waals surface area (Å²) in [5, 5.41) is 12.5. The molecule has 0 bridgehead atoms. The smallest absolute Gasteiger partial charge is 0.234 e. The van der Waals surface area contributed by atoms with Crippen molar-refractivity contribution in [3.63, 3.8) is 0 Å². The van der Waals surface area contributed by atoms with Crippen molar-refractivity contribution in [2.24, 2.45) is 5.41 Å². The van der Waals surface area contributed by atoms with E-state index in [0.29, 0.717) is 19.7 Å². The van der Waals surface area contributed by atoms with Crippen LogP contribution in [0.25, 0.3) is 0 Å². The maximum Gasteiger partial charge on any atom is 0.234 e. The Kier molecular flexibility index (Phi) is 6.57. The lowest BCUT2D eigenvalue weighted by atomic mass is 9.83. The molecule has 1 heterocycles. The average molecular weight is 320 g/mol. The van der Waals surface area contributed by atoms with Crippen LogP contribution < -0.4 is 5.32 Å². The van der Waals surface area contributed by atoms with E-state index in [-0.39, 0.29) is 17.9 Å². The van der Waals surface area contributed by atoms with Gasteiger partial charge in [0.15, 0.2) is 0 Å². The summed E-state index contributed by atoms with van der Waals surface area (Å²) in [4.78, 5) is 14.3. The van der Waals surface area contributed by atoms with E-state index >= 15 is 0 Å². The van der Waals surface area contributed by atoms with Gasteiger partial charge in [-0.1, -0.05) is 31.2 Å². The van der Waals surface area contributed by atoms with Crippen molar-refractivity contribution in [2.45, 2.75) is 32.9 Å². The largest absolute Gasteiger partial charge is 0.396 e. The molecule has 0 spiro atoms. The Balaban J connectivity index is 1.80. The maximum absolute atomic E-state index is 12.2. The number of hydrogen-bond donors (Lipinski definition) is 2. The van der Waals surface area contributed by atoms with Crippen molar-refractivity contribution < 1.29 is 14.6 Å². The lowest BCUT2D eigenvalue weighted by molar-refractivity contribution is -0.123. The maximum atomic E-state index is 12.2. The molecule has 1 atom stereocenters. The third kappa shape index (κ3) is 5.61. The average Bonchev–Trinajstić information content (AvgIpc) is 2.54. The number of amides is 1. The van der Waals surface area contributed by atoms with E-state index in [4.69, 9.17) is 4.74 Å². The minimum absolute atomic E-state index is 0.0318. The highest BCUT2D eigenvalue weighted by molar-refractivity contribution is 5.78. The summed E-state index contributed by atoms with van der Waals surface area (Å²) in [6.45, 7) is 5.46. The van der Waals surface area contributed by atoms with Gasteiger partial charge in [0.25, 0.3) is 0 Å². The first-order valence-electron chi connectivity index (χ1n) is 8.21. The molecule has 2 N–H and O–H groups in total. The number of benzene rings is 1. The van der Waals surface area contributed by atoms with Gasteiger partial charge < -0.3 is 15.2 Å². The second-order valence-electron chi connectivity index (χ2n) is 6.81. The number of aliphatic hydroxyl groups excluding tert-OH is 1. The number of ether oxygens (including phenoxy) is 1. The minimum atomic E-state index is -0.0764. The second kappa shape index (κ2) is 8.43. The molecule has 1 unspecified atom stereocenters. The molecule has 1 aromatic carbocycles. The SMILES string of the molecule is COCc1cccc(CNC(=O)CN2CCCC(C)(CO)C2)c1. The lowest BCUT2D eigenvalue weighted by Gasteiger charge is -2.38. The van der Waals surface area contributed by atoms with Crippen molar-refractivity contribution in [2.75, 3.05) is 33.4 Å². The monoisotopic (exact) mass is 320 g/mol. The van der Waals surface area contributed by atoms with Crippen molar-refractivity contribution >= 4 is 5.91 Å². The minimum Gasteiger partial charge on any atom is -0.396 e. The zero-order valence-corrected chi connectivity index (χ0v) is 14.2. The third-order valence-corrected chi connectivity index (χ3v) is 4.40.